The minimum absolute atomic E-state index is 0.371. The molecule has 1 N–H and O–H groups in total. The molecule has 0 radical (unpaired) electrons. The third-order valence-corrected chi connectivity index (χ3v) is 5.07. The lowest BCUT2D eigenvalue weighted by Crippen LogP contribution is -2.45. The summed E-state index contributed by atoms with van der Waals surface area (Å²) in [4.78, 5) is 17.7. The Morgan fingerprint density at radius 3 is 2.28 bits per heavy atom. The van der Waals surface area contributed by atoms with E-state index in [0.29, 0.717) is 12.6 Å². The molecular formula is C20H33N3O2. The van der Waals surface area contributed by atoms with Crippen molar-refractivity contribution < 1.29 is 9.90 Å². The Morgan fingerprint density at radius 1 is 1.20 bits per heavy atom. The summed E-state index contributed by atoms with van der Waals surface area (Å²) in [7, 11) is 4.31. The van der Waals surface area contributed by atoms with E-state index in [0.717, 1.165) is 26.1 Å². The molecule has 1 atom stereocenters. The molecule has 0 aromatic heterocycles. The lowest BCUT2D eigenvalue weighted by Gasteiger charge is -2.33. The molecule has 0 unspecified atom stereocenters. The molecule has 0 bridgehead atoms. The molecule has 0 aliphatic carbocycles. The Morgan fingerprint density at radius 2 is 1.80 bits per heavy atom. The van der Waals surface area contributed by atoms with Crippen LogP contribution in [0.4, 0.5) is 4.79 Å². The number of likely N-dealkylation sites (tertiary alicyclic amines) is 1. The fourth-order valence-electron chi connectivity index (χ4n) is 3.41. The van der Waals surface area contributed by atoms with Crippen molar-refractivity contribution >= 4 is 6.09 Å². The quantitative estimate of drug-likeness (QED) is 0.859. The topological polar surface area (TPSA) is 47.0 Å². The lowest BCUT2D eigenvalue weighted by atomic mass is 10.0. The highest BCUT2D eigenvalue weighted by atomic mass is 16.4. The van der Waals surface area contributed by atoms with Gasteiger partial charge in [-0.2, -0.15) is 0 Å². The number of likely N-dealkylation sites (N-methyl/N-ethyl adjacent to an activating group) is 1. The van der Waals surface area contributed by atoms with Crippen LogP contribution in [0, 0.1) is 0 Å². The number of amides is 1. The molecule has 1 fully saturated rings. The van der Waals surface area contributed by atoms with E-state index in [1.165, 1.54) is 22.4 Å². The molecule has 2 rings (SSSR count). The van der Waals surface area contributed by atoms with Gasteiger partial charge in [-0.25, -0.2) is 4.79 Å². The summed E-state index contributed by atoms with van der Waals surface area (Å²) in [6.45, 7) is 9.60. The van der Waals surface area contributed by atoms with Crippen LogP contribution in [0.3, 0.4) is 0 Å². The van der Waals surface area contributed by atoms with Crippen LogP contribution in [-0.2, 0) is 13.0 Å². The highest BCUT2D eigenvalue weighted by Crippen LogP contribution is 2.18. The van der Waals surface area contributed by atoms with Crippen molar-refractivity contribution in [1.82, 2.24) is 14.7 Å². The molecule has 1 aliphatic rings. The molecule has 0 spiro atoms. The van der Waals surface area contributed by atoms with E-state index in [4.69, 9.17) is 0 Å². The highest BCUT2D eigenvalue weighted by Gasteiger charge is 2.26. The first-order valence-corrected chi connectivity index (χ1v) is 9.14. The first-order valence-electron chi connectivity index (χ1n) is 9.14. The summed E-state index contributed by atoms with van der Waals surface area (Å²) in [5.41, 5.74) is 2.14. The summed E-state index contributed by atoms with van der Waals surface area (Å²) >= 11 is 0. The maximum atomic E-state index is 11.4. The Bertz CT molecular complexity index is 563. The number of benzene rings is 1. The molecular weight excluding hydrogens is 314 g/mol. The van der Waals surface area contributed by atoms with E-state index in [2.05, 4.69) is 48.2 Å². The number of carbonyl (C=O) groups is 1. The predicted octanol–water partition coefficient (Wildman–Crippen LogP) is 3.14. The van der Waals surface area contributed by atoms with E-state index >= 15 is 0 Å². The smallest absolute Gasteiger partial charge is 0.407 e. The molecule has 140 valence electrons. The van der Waals surface area contributed by atoms with Gasteiger partial charge in [0.15, 0.2) is 0 Å². The van der Waals surface area contributed by atoms with Crippen molar-refractivity contribution in [3.63, 3.8) is 0 Å². The van der Waals surface area contributed by atoms with Gasteiger partial charge < -0.3 is 14.9 Å². The Labute approximate surface area is 152 Å². The normalized spacial score (nSPS) is 18.7. The number of carboxylic acid groups (broad SMARTS) is 1. The van der Waals surface area contributed by atoms with Crippen molar-refractivity contribution in [2.24, 2.45) is 0 Å². The third-order valence-electron chi connectivity index (χ3n) is 5.07. The van der Waals surface area contributed by atoms with E-state index in [1.54, 1.807) is 0 Å². The Balaban J connectivity index is 1.87. The van der Waals surface area contributed by atoms with Crippen LogP contribution in [0.1, 0.15) is 38.3 Å². The number of hydrogen-bond donors (Lipinski definition) is 1. The predicted molar refractivity (Wildman–Crippen MR) is 102 cm³/mol. The van der Waals surface area contributed by atoms with Gasteiger partial charge in [-0.1, -0.05) is 24.3 Å². The second-order valence-corrected chi connectivity index (χ2v) is 8.31. The largest absolute Gasteiger partial charge is 0.465 e. The van der Waals surface area contributed by atoms with Crippen LogP contribution >= 0.6 is 0 Å². The fourth-order valence-corrected chi connectivity index (χ4v) is 3.41. The SMILES string of the molecule is CN(C)[C@H]1CCN(Cc2ccc(CCN(C(=O)O)C(C)(C)C)cc2)C1. The molecule has 5 heteroatoms. The van der Waals surface area contributed by atoms with Crippen molar-refractivity contribution in [3.05, 3.63) is 35.4 Å². The fraction of sp³-hybridized carbons (Fsp3) is 0.650. The first kappa shape index (κ1) is 19.7. The van der Waals surface area contributed by atoms with Crippen LogP contribution in [0.15, 0.2) is 24.3 Å². The zero-order chi connectivity index (χ0) is 18.6. The third kappa shape index (κ3) is 5.72. The van der Waals surface area contributed by atoms with E-state index in [-0.39, 0.29) is 5.54 Å². The zero-order valence-corrected chi connectivity index (χ0v) is 16.3. The first-order chi connectivity index (χ1) is 11.7. The molecule has 0 saturated carbocycles. The average molecular weight is 348 g/mol. The van der Waals surface area contributed by atoms with Gasteiger partial charge in [0.25, 0.3) is 0 Å². The average Bonchev–Trinajstić information content (AvgIpc) is 2.96. The molecule has 1 aliphatic heterocycles. The Kier molecular flexibility index (Phi) is 6.47. The van der Waals surface area contributed by atoms with Crippen molar-refractivity contribution in [2.75, 3.05) is 33.7 Å². The second-order valence-electron chi connectivity index (χ2n) is 8.31. The van der Waals surface area contributed by atoms with E-state index < -0.39 is 6.09 Å². The minimum Gasteiger partial charge on any atom is -0.465 e. The summed E-state index contributed by atoms with van der Waals surface area (Å²) < 4.78 is 0. The van der Waals surface area contributed by atoms with Gasteiger partial charge in [0.1, 0.15) is 0 Å². The molecule has 1 saturated heterocycles. The van der Waals surface area contributed by atoms with Gasteiger partial charge in [-0.05, 0) is 58.8 Å². The van der Waals surface area contributed by atoms with E-state index in [9.17, 15) is 9.90 Å². The summed E-state index contributed by atoms with van der Waals surface area (Å²) in [5.74, 6) is 0. The van der Waals surface area contributed by atoms with Crippen LogP contribution in [-0.4, -0.2) is 71.2 Å². The summed E-state index contributed by atoms with van der Waals surface area (Å²) in [5, 5.41) is 9.37. The zero-order valence-electron chi connectivity index (χ0n) is 16.3. The van der Waals surface area contributed by atoms with Crippen molar-refractivity contribution in [2.45, 2.75) is 51.7 Å². The van der Waals surface area contributed by atoms with Gasteiger partial charge in [0.2, 0.25) is 0 Å². The molecule has 25 heavy (non-hydrogen) atoms. The van der Waals surface area contributed by atoms with Gasteiger partial charge in [-0.15, -0.1) is 0 Å². The lowest BCUT2D eigenvalue weighted by molar-refractivity contribution is 0.101. The molecule has 1 aromatic rings. The molecule has 1 aromatic carbocycles. The highest BCUT2D eigenvalue weighted by molar-refractivity contribution is 5.66. The van der Waals surface area contributed by atoms with Gasteiger partial charge in [0.05, 0.1) is 0 Å². The molecule has 1 heterocycles. The van der Waals surface area contributed by atoms with Crippen LogP contribution in [0.5, 0.6) is 0 Å². The number of rotatable bonds is 6. The van der Waals surface area contributed by atoms with Crippen LogP contribution in [0.25, 0.3) is 0 Å². The monoisotopic (exact) mass is 347 g/mol. The molecule has 5 nitrogen and oxygen atoms in total. The standard InChI is InChI=1S/C20H33N3O2/c1-20(2,3)23(19(24)25)13-10-16-6-8-17(9-7-16)14-22-12-11-18(15-22)21(4)5/h6-9,18H,10-15H2,1-5H3,(H,24,25)/t18-/m0/s1. The van der Waals surface area contributed by atoms with Gasteiger partial charge in [-0.3, -0.25) is 4.90 Å². The summed E-state index contributed by atoms with van der Waals surface area (Å²) in [6, 6.07) is 9.30. The van der Waals surface area contributed by atoms with Gasteiger partial charge in [0, 0.05) is 37.8 Å². The van der Waals surface area contributed by atoms with E-state index in [1.807, 2.05) is 20.8 Å². The van der Waals surface area contributed by atoms with Crippen molar-refractivity contribution in [1.29, 1.82) is 0 Å². The van der Waals surface area contributed by atoms with Gasteiger partial charge >= 0.3 is 6.09 Å². The maximum absolute atomic E-state index is 11.4. The van der Waals surface area contributed by atoms with Crippen LogP contribution in [0.2, 0.25) is 0 Å². The molecule has 1 amide bonds. The number of hydrogen-bond acceptors (Lipinski definition) is 3. The minimum atomic E-state index is -0.853. The summed E-state index contributed by atoms with van der Waals surface area (Å²) in [6.07, 6.45) is 1.13. The maximum Gasteiger partial charge on any atom is 0.407 e. The Hall–Kier alpha value is -1.59. The number of nitrogens with zero attached hydrogens (tertiary/aromatic N) is 3. The van der Waals surface area contributed by atoms with Crippen LogP contribution < -0.4 is 0 Å². The van der Waals surface area contributed by atoms with Crippen molar-refractivity contribution in [3.8, 4) is 0 Å². The second kappa shape index (κ2) is 8.19.